The maximum atomic E-state index is 13.8. The Morgan fingerprint density at radius 3 is 2.44 bits per heavy atom. The molecule has 1 saturated heterocycles. The Morgan fingerprint density at radius 1 is 1.12 bits per heavy atom. The summed E-state index contributed by atoms with van der Waals surface area (Å²) < 4.78 is 38.8. The van der Waals surface area contributed by atoms with E-state index >= 15 is 0 Å². The van der Waals surface area contributed by atoms with Gasteiger partial charge >= 0.3 is 5.97 Å². The van der Waals surface area contributed by atoms with Crippen molar-refractivity contribution in [3.05, 3.63) is 65.2 Å². The number of hydrogen-bond donors (Lipinski definition) is 3. The number of aliphatic carboxylic acids is 1. The van der Waals surface area contributed by atoms with E-state index in [-0.39, 0.29) is 31.1 Å². The van der Waals surface area contributed by atoms with Gasteiger partial charge in [0.05, 0.1) is 18.8 Å². The minimum atomic E-state index is -1.21. The second kappa shape index (κ2) is 10.1. The van der Waals surface area contributed by atoms with E-state index in [2.05, 4.69) is 5.32 Å². The summed E-state index contributed by atoms with van der Waals surface area (Å²) in [5.41, 5.74) is 0.350. The molecule has 2 aromatic carbocycles. The third-order valence-electron chi connectivity index (χ3n) is 5.30. The van der Waals surface area contributed by atoms with Gasteiger partial charge in [-0.3, -0.25) is 4.79 Å². The lowest BCUT2D eigenvalue weighted by Crippen LogP contribution is -2.51. The van der Waals surface area contributed by atoms with Crippen molar-refractivity contribution in [2.45, 2.75) is 43.9 Å². The van der Waals surface area contributed by atoms with E-state index in [1.807, 2.05) is 6.92 Å². The quantitative estimate of drug-likeness (QED) is 0.571. The summed E-state index contributed by atoms with van der Waals surface area (Å²) in [7, 11) is 0. The molecule has 0 saturated carbocycles. The number of aliphatic hydroxyl groups excluding tert-OH is 1. The van der Waals surface area contributed by atoms with Crippen LogP contribution in [0.4, 0.5) is 8.78 Å². The summed E-state index contributed by atoms with van der Waals surface area (Å²) in [6, 6.07) is 9.56. The van der Waals surface area contributed by atoms with Crippen molar-refractivity contribution in [1.82, 2.24) is 5.32 Å². The summed E-state index contributed by atoms with van der Waals surface area (Å²) in [6.07, 6.45) is -0.615. The van der Waals surface area contributed by atoms with Crippen LogP contribution in [-0.2, 0) is 14.3 Å². The summed E-state index contributed by atoms with van der Waals surface area (Å²) in [6.45, 7) is 0.874. The van der Waals surface area contributed by atoms with Gasteiger partial charge in [-0.05, 0) is 36.8 Å². The highest BCUT2D eigenvalue weighted by Crippen LogP contribution is 2.45. The number of carbonyl (C=O) groups is 2. The van der Waals surface area contributed by atoms with E-state index in [1.165, 1.54) is 24.3 Å². The first kappa shape index (κ1) is 23.6. The molecule has 0 bridgehead atoms. The predicted molar refractivity (Wildman–Crippen MR) is 110 cm³/mol. The summed E-state index contributed by atoms with van der Waals surface area (Å²) in [5.74, 6) is -2.52. The van der Waals surface area contributed by atoms with Crippen LogP contribution in [0.15, 0.2) is 42.5 Å². The Bertz CT molecular complexity index is 967. The first-order valence-electron chi connectivity index (χ1n) is 10.2. The molecule has 1 fully saturated rings. The number of carboxylic acids is 1. The van der Waals surface area contributed by atoms with E-state index in [4.69, 9.17) is 19.7 Å². The van der Waals surface area contributed by atoms with Crippen molar-refractivity contribution < 1.29 is 38.1 Å². The largest absolute Gasteiger partial charge is 0.481 e. The molecule has 3 N–H and O–H groups in total. The fraction of sp³-hybridized carbons (Fsp3) is 0.391. The SMILES string of the molecule is C[C@]1(NC(=O)CCO)C[C@@H](c2ccc(F)cc2)O[C@@H](c2ccc(F)cc2OCC(=O)O)C1. The number of benzene rings is 2. The van der Waals surface area contributed by atoms with Crippen LogP contribution in [0.25, 0.3) is 0 Å². The summed E-state index contributed by atoms with van der Waals surface area (Å²) in [4.78, 5) is 23.2. The lowest BCUT2D eigenvalue weighted by molar-refractivity contribution is -0.139. The van der Waals surface area contributed by atoms with Crippen LogP contribution in [0.1, 0.15) is 49.5 Å². The number of carboxylic acid groups (broad SMARTS) is 1. The fourth-order valence-electron chi connectivity index (χ4n) is 3.89. The van der Waals surface area contributed by atoms with Gasteiger partial charge in [0.25, 0.3) is 0 Å². The predicted octanol–water partition coefficient (Wildman–Crippen LogP) is 3.28. The van der Waals surface area contributed by atoms with Crippen LogP contribution < -0.4 is 10.1 Å². The number of rotatable bonds is 8. The van der Waals surface area contributed by atoms with Crippen molar-refractivity contribution in [3.8, 4) is 5.75 Å². The summed E-state index contributed by atoms with van der Waals surface area (Å²) in [5, 5.41) is 21.0. The van der Waals surface area contributed by atoms with Gasteiger partial charge < -0.3 is 25.0 Å². The molecule has 0 spiro atoms. The molecular formula is C23H25F2NO6. The molecule has 0 aromatic heterocycles. The van der Waals surface area contributed by atoms with Crippen molar-refractivity contribution >= 4 is 11.9 Å². The molecule has 1 aliphatic heterocycles. The number of nitrogens with one attached hydrogen (secondary N) is 1. The lowest BCUT2D eigenvalue weighted by atomic mass is 9.81. The van der Waals surface area contributed by atoms with E-state index in [9.17, 15) is 18.4 Å². The van der Waals surface area contributed by atoms with Crippen molar-refractivity contribution in [2.75, 3.05) is 13.2 Å². The van der Waals surface area contributed by atoms with Gasteiger partial charge in [0.2, 0.25) is 5.91 Å². The monoisotopic (exact) mass is 449 g/mol. The Labute approximate surface area is 184 Å². The first-order chi connectivity index (χ1) is 15.2. The number of ether oxygens (including phenoxy) is 2. The van der Waals surface area contributed by atoms with E-state index in [0.29, 0.717) is 17.5 Å². The van der Waals surface area contributed by atoms with Gasteiger partial charge in [-0.2, -0.15) is 0 Å². The second-order valence-corrected chi connectivity index (χ2v) is 8.02. The molecule has 2 aromatic rings. The Morgan fingerprint density at radius 2 is 1.78 bits per heavy atom. The maximum Gasteiger partial charge on any atom is 0.341 e. The molecule has 0 aliphatic carbocycles. The molecule has 9 heteroatoms. The van der Waals surface area contributed by atoms with E-state index < -0.39 is 42.0 Å². The van der Waals surface area contributed by atoms with Crippen molar-refractivity contribution in [1.29, 1.82) is 0 Å². The topological polar surface area (TPSA) is 105 Å². The second-order valence-electron chi connectivity index (χ2n) is 8.02. The van der Waals surface area contributed by atoms with Gasteiger partial charge in [-0.15, -0.1) is 0 Å². The highest BCUT2D eigenvalue weighted by Gasteiger charge is 2.41. The fourth-order valence-corrected chi connectivity index (χ4v) is 3.89. The van der Waals surface area contributed by atoms with Gasteiger partial charge in [0.1, 0.15) is 17.4 Å². The van der Waals surface area contributed by atoms with Crippen molar-refractivity contribution in [3.63, 3.8) is 0 Å². The van der Waals surface area contributed by atoms with Gasteiger partial charge in [0.15, 0.2) is 6.61 Å². The normalized spacial score (nSPS) is 22.9. The molecule has 1 aliphatic rings. The molecule has 0 radical (unpaired) electrons. The van der Waals surface area contributed by atoms with Crippen LogP contribution in [0.5, 0.6) is 5.75 Å². The molecule has 1 amide bonds. The maximum absolute atomic E-state index is 13.8. The molecular weight excluding hydrogens is 424 g/mol. The standard InChI is InChI=1S/C23H25F2NO6/c1-23(26-21(28)8-9-27)11-19(14-2-4-15(24)5-3-14)32-20(12-23)17-7-6-16(25)10-18(17)31-13-22(29)30/h2-7,10,19-20,27H,8-9,11-13H2,1H3,(H,26,28)(H,29,30)/t19-,20+,23-/m0/s1. The molecule has 7 nitrogen and oxygen atoms in total. The van der Waals surface area contributed by atoms with E-state index in [1.54, 1.807) is 12.1 Å². The number of carbonyl (C=O) groups excluding carboxylic acids is 1. The summed E-state index contributed by atoms with van der Waals surface area (Å²) >= 11 is 0. The molecule has 3 rings (SSSR count). The zero-order chi connectivity index (χ0) is 23.3. The molecule has 32 heavy (non-hydrogen) atoms. The average molecular weight is 449 g/mol. The molecule has 0 unspecified atom stereocenters. The zero-order valence-corrected chi connectivity index (χ0v) is 17.5. The van der Waals surface area contributed by atoms with E-state index in [0.717, 1.165) is 6.07 Å². The number of halogens is 2. The number of amides is 1. The molecule has 1 heterocycles. The third-order valence-corrected chi connectivity index (χ3v) is 5.30. The first-order valence-corrected chi connectivity index (χ1v) is 10.2. The lowest BCUT2D eigenvalue weighted by Gasteiger charge is -2.43. The molecule has 3 atom stereocenters. The Hall–Kier alpha value is -3.04. The Kier molecular flexibility index (Phi) is 7.42. The van der Waals surface area contributed by atoms with Crippen LogP contribution in [0.2, 0.25) is 0 Å². The number of aliphatic hydroxyl groups is 1. The van der Waals surface area contributed by atoms with Crippen molar-refractivity contribution in [2.24, 2.45) is 0 Å². The van der Waals surface area contributed by atoms with Crippen LogP contribution in [0, 0.1) is 11.6 Å². The average Bonchev–Trinajstić information content (AvgIpc) is 2.72. The minimum Gasteiger partial charge on any atom is -0.481 e. The number of hydrogen-bond acceptors (Lipinski definition) is 5. The Balaban J connectivity index is 1.96. The highest BCUT2D eigenvalue weighted by molar-refractivity contribution is 5.76. The minimum absolute atomic E-state index is 0.0289. The van der Waals surface area contributed by atoms with Crippen LogP contribution in [-0.4, -0.2) is 40.8 Å². The van der Waals surface area contributed by atoms with Crippen LogP contribution in [0.3, 0.4) is 0 Å². The van der Waals surface area contributed by atoms with Crippen LogP contribution >= 0.6 is 0 Å². The smallest absolute Gasteiger partial charge is 0.341 e. The van der Waals surface area contributed by atoms with Gasteiger partial charge in [-0.25, -0.2) is 13.6 Å². The molecule has 172 valence electrons. The highest BCUT2D eigenvalue weighted by atomic mass is 19.1. The third kappa shape index (κ3) is 6.02. The van der Waals surface area contributed by atoms with Gasteiger partial charge in [-0.1, -0.05) is 12.1 Å². The zero-order valence-electron chi connectivity index (χ0n) is 17.5. The van der Waals surface area contributed by atoms with Gasteiger partial charge in [0, 0.05) is 36.4 Å².